The van der Waals surface area contributed by atoms with Crippen molar-refractivity contribution < 1.29 is 23.9 Å². The maximum atomic E-state index is 12.1. The highest BCUT2D eigenvalue weighted by Crippen LogP contribution is 2.33. The minimum absolute atomic E-state index is 0.0349. The first-order valence-electron chi connectivity index (χ1n) is 12.7. The highest BCUT2D eigenvalue weighted by molar-refractivity contribution is 8.00. The second kappa shape index (κ2) is 17.8. The summed E-state index contributed by atoms with van der Waals surface area (Å²) in [5.41, 5.74) is 5.07. The molecule has 2 saturated heterocycles. The van der Waals surface area contributed by atoms with Crippen LogP contribution in [0, 0.1) is 0 Å². The van der Waals surface area contributed by atoms with Crippen molar-refractivity contribution in [3.05, 3.63) is 0 Å². The van der Waals surface area contributed by atoms with Gasteiger partial charge in [0.15, 0.2) is 0 Å². The number of ether oxygens (including phenoxy) is 2. The molecule has 6 N–H and O–H groups in total. The van der Waals surface area contributed by atoms with E-state index in [0.717, 1.165) is 50.9 Å². The lowest BCUT2D eigenvalue weighted by molar-refractivity contribution is -0.122. The summed E-state index contributed by atoms with van der Waals surface area (Å²) in [6.07, 6.45) is 5.23. The van der Waals surface area contributed by atoms with Crippen LogP contribution >= 0.6 is 11.8 Å². The maximum Gasteiger partial charge on any atom is 0.315 e. The third-order valence-corrected chi connectivity index (χ3v) is 7.49. The molecule has 2 aliphatic heterocycles. The number of thioether (sulfide) groups is 1. The lowest BCUT2D eigenvalue weighted by Gasteiger charge is -2.19. The monoisotopic (exact) mass is 516 g/mol. The highest BCUT2D eigenvalue weighted by atomic mass is 32.2. The normalized spacial score (nSPS) is 21.1. The van der Waals surface area contributed by atoms with E-state index in [-0.39, 0.29) is 29.9 Å². The number of fused-ring (bicyclic) bond motifs is 1. The summed E-state index contributed by atoms with van der Waals surface area (Å²) >= 11 is 1.94. The van der Waals surface area contributed by atoms with Crippen LogP contribution in [-0.4, -0.2) is 112 Å². The van der Waals surface area contributed by atoms with Crippen molar-refractivity contribution in [3.8, 4) is 0 Å². The van der Waals surface area contributed by atoms with E-state index in [0.29, 0.717) is 57.7 Å². The molecule has 202 valence electrons. The average molecular weight is 517 g/mol. The number of hydrogen-bond acceptors (Lipinski definition) is 8. The zero-order chi connectivity index (χ0) is 25.3. The number of amides is 4. The van der Waals surface area contributed by atoms with E-state index in [1.165, 1.54) is 0 Å². The van der Waals surface area contributed by atoms with Crippen molar-refractivity contribution in [1.29, 1.82) is 0 Å². The molecule has 0 aliphatic carbocycles. The lowest BCUT2D eigenvalue weighted by Crippen LogP contribution is -2.37. The molecule has 0 bridgehead atoms. The van der Waals surface area contributed by atoms with Crippen LogP contribution in [0.15, 0.2) is 0 Å². The van der Waals surface area contributed by atoms with Crippen molar-refractivity contribution in [2.24, 2.45) is 5.73 Å². The third kappa shape index (κ3) is 13.3. The van der Waals surface area contributed by atoms with Gasteiger partial charge in [-0.3, -0.25) is 14.5 Å². The molecule has 0 aromatic carbocycles. The fourth-order valence-corrected chi connectivity index (χ4v) is 5.65. The molecule has 35 heavy (non-hydrogen) atoms. The van der Waals surface area contributed by atoms with E-state index in [1.54, 1.807) is 0 Å². The lowest BCUT2D eigenvalue weighted by atomic mass is 10.0. The summed E-state index contributed by atoms with van der Waals surface area (Å²) in [5.74, 6) is 0.735. The van der Waals surface area contributed by atoms with E-state index in [9.17, 15) is 14.4 Å². The SMILES string of the molecule is CN(CCCCC1SCC2NC(=O)NC21)CC(=O)NCCCOCCOCCCNCCC(N)=O. The number of nitrogens with one attached hydrogen (secondary N) is 4. The van der Waals surface area contributed by atoms with Crippen molar-refractivity contribution in [2.75, 3.05) is 72.0 Å². The minimum Gasteiger partial charge on any atom is -0.379 e. The second-order valence-electron chi connectivity index (χ2n) is 9.10. The molecule has 4 amide bonds. The fourth-order valence-electron chi connectivity index (χ4n) is 4.11. The predicted octanol–water partition coefficient (Wildman–Crippen LogP) is -0.351. The van der Waals surface area contributed by atoms with Gasteiger partial charge in [-0.05, 0) is 45.8 Å². The van der Waals surface area contributed by atoms with Crippen LogP contribution in [-0.2, 0) is 19.1 Å². The van der Waals surface area contributed by atoms with Crippen LogP contribution < -0.4 is 27.0 Å². The van der Waals surface area contributed by atoms with Gasteiger partial charge in [0.2, 0.25) is 11.8 Å². The standard InChI is InChI=1S/C23H44N6O5S/c1-29(11-3-2-6-19-22-18(17-35-19)27-23(32)28-22)16-21(31)26-9-5-13-34-15-14-33-12-4-8-25-10-7-20(24)30/h18-19,22,25H,2-17H2,1H3,(H2,24,30)(H,26,31)(H2,27,28,32). The Bertz CT molecular complexity index is 644. The summed E-state index contributed by atoms with van der Waals surface area (Å²) in [7, 11) is 1.97. The van der Waals surface area contributed by atoms with Crippen LogP contribution in [0.5, 0.6) is 0 Å². The molecular weight excluding hydrogens is 472 g/mol. The molecule has 11 nitrogen and oxygen atoms in total. The number of carbonyl (C=O) groups excluding carboxylic acids is 3. The second-order valence-corrected chi connectivity index (χ2v) is 10.4. The van der Waals surface area contributed by atoms with Gasteiger partial charge in [-0.15, -0.1) is 0 Å². The molecular formula is C23H44N6O5S. The van der Waals surface area contributed by atoms with E-state index in [2.05, 4.69) is 26.2 Å². The highest BCUT2D eigenvalue weighted by Gasteiger charge is 2.42. The average Bonchev–Trinajstić information content (AvgIpc) is 3.36. The minimum atomic E-state index is -0.294. The summed E-state index contributed by atoms with van der Waals surface area (Å²) in [5, 5.41) is 12.6. The number of rotatable bonds is 21. The van der Waals surface area contributed by atoms with E-state index in [1.807, 2.05) is 18.8 Å². The molecule has 3 unspecified atom stereocenters. The number of likely N-dealkylation sites (N-methyl/N-ethyl adjacent to an activating group) is 1. The Labute approximate surface area is 213 Å². The summed E-state index contributed by atoms with van der Waals surface area (Å²) < 4.78 is 11.0. The van der Waals surface area contributed by atoms with Gasteiger partial charge in [-0.25, -0.2) is 4.79 Å². The van der Waals surface area contributed by atoms with Crippen LogP contribution in [0.1, 0.15) is 38.5 Å². The van der Waals surface area contributed by atoms with Crippen LogP contribution in [0.2, 0.25) is 0 Å². The van der Waals surface area contributed by atoms with Gasteiger partial charge in [0, 0.05) is 43.7 Å². The zero-order valence-electron chi connectivity index (χ0n) is 21.0. The van der Waals surface area contributed by atoms with Gasteiger partial charge in [-0.1, -0.05) is 6.42 Å². The van der Waals surface area contributed by atoms with Crippen molar-refractivity contribution in [3.63, 3.8) is 0 Å². The van der Waals surface area contributed by atoms with Gasteiger partial charge in [0.1, 0.15) is 0 Å². The Morgan fingerprint density at radius 2 is 1.80 bits per heavy atom. The number of hydrogen-bond donors (Lipinski definition) is 5. The predicted molar refractivity (Wildman–Crippen MR) is 137 cm³/mol. The van der Waals surface area contributed by atoms with Crippen LogP contribution in [0.4, 0.5) is 4.79 Å². The number of carbonyl (C=O) groups is 3. The molecule has 0 aromatic heterocycles. The molecule has 0 saturated carbocycles. The quantitative estimate of drug-likeness (QED) is 0.103. The molecule has 3 atom stereocenters. The fraction of sp³-hybridized carbons (Fsp3) is 0.870. The van der Waals surface area contributed by atoms with Crippen LogP contribution in [0.25, 0.3) is 0 Å². The van der Waals surface area contributed by atoms with Crippen LogP contribution in [0.3, 0.4) is 0 Å². The first-order chi connectivity index (χ1) is 17.0. The van der Waals surface area contributed by atoms with E-state index < -0.39 is 0 Å². The molecule has 0 radical (unpaired) electrons. The van der Waals surface area contributed by atoms with Gasteiger partial charge in [-0.2, -0.15) is 11.8 Å². The topological polar surface area (TPSA) is 147 Å². The first-order valence-corrected chi connectivity index (χ1v) is 13.8. The van der Waals surface area contributed by atoms with Gasteiger partial charge < -0.3 is 36.5 Å². The smallest absolute Gasteiger partial charge is 0.315 e. The van der Waals surface area contributed by atoms with Crippen molar-refractivity contribution in [1.82, 2.24) is 26.2 Å². The summed E-state index contributed by atoms with van der Waals surface area (Å²) in [4.78, 5) is 36.2. The largest absolute Gasteiger partial charge is 0.379 e. The Balaban J connectivity index is 1.32. The molecule has 2 aliphatic rings. The number of nitrogens with zero attached hydrogens (tertiary/aromatic N) is 1. The summed E-state index contributed by atoms with van der Waals surface area (Å²) in [6, 6.07) is 0.511. The van der Waals surface area contributed by atoms with Crippen molar-refractivity contribution >= 4 is 29.6 Å². The molecule has 0 aromatic rings. The zero-order valence-corrected chi connectivity index (χ0v) is 21.8. The molecule has 2 rings (SSSR count). The molecule has 2 heterocycles. The van der Waals surface area contributed by atoms with Gasteiger partial charge >= 0.3 is 6.03 Å². The van der Waals surface area contributed by atoms with Gasteiger partial charge in [0.05, 0.1) is 31.8 Å². The number of primary amides is 1. The Morgan fingerprint density at radius 3 is 2.54 bits per heavy atom. The Kier molecular flexibility index (Phi) is 15.0. The maximum absolute atomic E-state index is 12.1. The summed E-state index contributed by atoms with van der Waals surface area (Å²) in [6.45, 7) is 5.60. The Morgan fingerprint density at radius 1 is 1.06 bits per heavy atom. The molecule has 2 fully saturated rings. The number of unbranched alkanes of at least 4 members (excludes halogenated alkanes) is 1. The number of nitrogens with two attached hydrogens (primary N) is 1. The third-order valence-electron chi connectivity index (χ3n) is 5.98. The van der Waals surface area contributed by atoms with E-state index >= 15 is 0 Å². The molecule has 12 heteroatoms. The van der Waals surface area contributed by atoms with Gasteiger partial charge in [0.25, 0.3) is 0 Å². The number of urea groups is 1. The van der Waals surface area contributed by atoms with E-state index in [4.69, 9.17) is 15.2 Å². The Hall–Kier alpha value is -1.60. The van der Waals surface area contributed by atoms with Crippen molar-refractivity contribution in [2.45, 2.75) is 55.9 Å². The molecule has 0 spiro atoms. The first kappa shape index (κ1) is 29.6.